The van der Waals surface area contributed by atoms with Gasteiger partial charge in [-0.2, -0.15) is 0 Å². The van der Waals surface area contributed by atoms with E-state index in [1.54, 1.807) is 6.33 Å². The second-order valence-electron chi connectivity index (χ2n) is 5.06. The number of rotatable bonds is 3. The molecule has 3 rings (SSSR count). The Morgan fingerprint density at radius 2 is 1.95 bits per heavy atom. The molecule has 4 nitrogen and oxygen atoms in total. The molecule has 21 heavy (non-hydrogen) atoms. The zero-order chi connectivity index (χ0) is 14.8. The number of nitrogens with zero attached hydrogens (tertiary/aromatic N) is 2. The minimum absolute atomic E-state index is 0.119. The van der Waals surface area contributed by atoms with Gasteiger partial charge in [0.2, 0.25) is 0 Å². The number of imidazole rings is 1. The van der Waals surface area contributed by atoms with Crippen LogP contribution < -0.4 is 5.32 Å². The van der Waals surface area contributed by atoms with Crippen LogP contribution in [0.3, 0.4) is 0 Å². The number of nitrogens with one attached hydrogen (secondary N) is 1. The third-order valence-electron chi connectivity index (χ3n) is 3.61. The van der Waals surface area contributed by atoms with Crippen LogP contribution in [0, 0.1) is 0 Å². The van der Waals surface area contributed by atoms with Gasteiger partial charge in [0.1, 0.15) is 0 Å². The molecular weight excluding hydrogens is 262 g/mol. The van der Waals surface area contributed by atoms with Gasteiger partial charge >= 0.3 is 0 Å². The first-order valence-corrected chi connectivity index (χ1v) is 6.99. The molecule has 0 saturated heterocycles. The summed E-state index contributed by atoms with van der Waals surface area (Å²) in [4.78, 5) is 16.5. The van der Waals surface area contributed by atoms with Crippen molar-refractivity contribution in [1.29, 1.82) is 0 Å². The molecule has 1 amide bonds. The van der Waals surface area contributed by atoms with Gasteiger partial charge in [-0.15, -0.1) is 0 Å². The molecule has 4 heteroatoms. The fraction of sp³-hybridized carbons (Fsp3) is 0.176. The van der Waals surface area contributed by atoms with E-state index in [2.05, 4.69) is 17.2 Å². The van der Waals surface area contributed by atoms with Crippen LogP contribution in [0.5, 0.6) is 0 Å². The van der Waals surface area contributed by atoms with Gasteiger partial charge in [-0.05, 0) is 42.3 Å². The molecule has 0 unspecified atom stereocenters. The average molecular weight is 279 g/mol. The van der Waals surface area contributed by atoms with E-state index < -0.39 is 0 Å². The molecule has 1 heterocycles. The van der Waals surface area contributed by atoms with E-state index in [0.29, 0.717) is 5.56 Å². The molecule has 0 aliphatic rings. The number of anilines is 1. The molecule has 3 aromatic rings. The molecular formula is C17H17N3O. The monoisotopic (exact) mass is 279 g/mol. The fourth-order valence-electron chi connectivity index (χ4n) is 2.30. The Morgan fingerprint density at radius 1 is 1.19 bits per heavy atom. The predicted octanol–water partition coefficient (Wildman–Crippen LogP) is 3.39. The fourth-order valence-corrected chi connectivity index (χ4v) is 2.30. The zero-order valence-electron chi connectivity index (χ0n) is 12.1. The number of carbonyl (C=O) groups excluding carboxylic acids is 1. The lowest BCUT2D eigenvalue weighted by Gasteiger charge is -2.06. The minimum Gasteiger partial charge on any atom is -0.334 e. The molecule has 0 fully saturated rings. The maximum atomic E-state index is 12.3. The highest BCUT2D eigenvalue weighted by Crippen LogP contribution is 2.16. The van der Waals surface area contributed by atoms with Crippen LogP contribution in [0.1, 0.15) is 22.8 Å². The number of hydrogen-bond acceptors (Lipinski definition) is 2. The van der Waals surface area contributed by atoms with Crippen LogP contribution >= 0.6 is 0 Å². The molecule has 0 saturated carbocycles. The average Bonchev–Trinajstić information content (AvgIpc) is 2.89. The number of aryl methyl sites for hydroxylation is 2. The SMILES string of the molecule is CCc1ccc(NC(=O)c2ccc3c(c2)ncn3C)cc1. The molecule has 106 valence electrons. The zero-order valence-corrected chi connectivity index (χ0v) is 12.1. The normalized spacial score (nSPS) is 10.8. The summed E-state index contributed by atoms with van der Waals surface area (Å²) in [6.07, 6.45) is 2.74. The summed E-state index contributed by atoms with van der Waals surface area (Å²) in [6, 6.07) is 13.4. The molecule has 0 bridgehead atoms. The second-order valence-corrected chi connectivity index (χ2v) is 5.06. The summed E-state index contributed by atoms with van der Waals surface area (Å²) in [6.45, 7) is 2.11. The molecule has 0 radical (unpaired) electrons. The van der Waals surface area contributed by atoms with Crippen LogP contribution in [0.15, 0.2) is 48.8 Å². The number of carbonyl (C=O) groups is 1. The summed E-state index contributed by atoms with van der Waals surface area (Å²) >= 11 is 0. The van der Waals surface area contributed by atoms with Crippen molar-refractivity contribution >= 4 is 22.6 Å². The van der Waals surface area contributed by atoms with Gasteiger partial charge < -0.3 is 9.88 Å². The quantitative estimate of drug-likeness (QED) is 0.799. The van der Waals surface area contributed by atoms with Crippen LogP contribution in [0.2, 0.25) is 0 Å². The smallest absolute Gasteiger partial charge is 0.255 e. The lowest BCUT2D eigenvalue weighted by atomic mass is 10.1. The number of fused-ring (bicyclic) bond motifs is 1. The summed E-state index contributed by atoms with van der Waals surface area (Å²) in [7, 11) is 1.93. The first-order chi connectivity index (χ1) is 10.2. The van der Waals surface area contributed by atoms with Gasteiger partial charge in [0, 0.05) is 18.3 Å². The summed E-state index contributed by atoms with van der Waals surface area (Å²) in [5, 5.41) is 2.91. The summed E-state index contributed by atoms with van der Waals surface area (Å²) < 4.78 is 1.93. The third-order valence-corrected chi connectivity index (χ3v) is 3.61. The van der Waals surface area contributed by atoms with E-state index in [0.717, 1.165) is 23.1 Å². The summed E-state index contributed by atoms with van der Waals surface area (Å²) in [5.41, 5.74) is 4.51. The largest absolute Gasteiger partial charge is 0.334 e. The first kappa shape index (κ1) is 13.4. The molecule has 0 aliphatic carbocycles. The van der Waals surface area contributed by atoms with Crippen LogP contribution in [0.4, 0.5) is 5.69 Å². The lowest BCUT2D eigenvalue weighted by molar-refractivity contribution is 0.102. The van der Waals surface area contributed by atoms with Crippen LogP contribution in [0.25, 0.3) is 11.0 Å². The highest BCUT2D eigenvalue weighted by molar-refractivity contribution is 6.05. The van der Waals surface area contributed by atoms with E-state index in [-0.39, 0.29) is 5.91 Å². The Hall–Kier alpha value is -2.62. The van der Waals surface area contributed by atoms with E-state index in [4.69, 9.17) is 0 Å². The predicted molar refractivity (Wildman–Crippen MR) is 84.5 cm³/mol. The number of benzene rings is 2. The molecule has 0 aliphatic heterocycles. The molecule has 1 N–H and O–H groups in total. The van der Waals surface area contributed by atoms with Crippen LogP contribution in [-0.2, 0) is 13.5 Å². The van der Waals surface area contributed by atoms with Crippen molar-refractivity contribution in [3.8, 4) is 0 Å². The Bertz CT molecular complexity index is 787. The van der Waals surface area contributed by atoms with E-state index in [1.165, 1.54) is 5.56 Å². The number of amides is 1. The van der Waals surface area contributed by atoms with Crippen molar-refractivity contribution in [2.75, 3.05) is 5.32 Å². The maximum Gasteiger partial charge on any atom is 0.255 e. The van der Waals surface area contributed by atoms with Gasteiger partial charge in [0.05, 0.1) is 17.4 Å². The van der Waals surface area contributed by atoms with Crippen molar-refractivity contribution in [3.05, 3.63) is 59.9 Å². The van der Waals surface area contributed by atoms with Crippen molar-refractivity contribution in [3.63, 3.8) is 0 Å². The van der Waals surface area contributed by atoms with E-state index in [1.807, 2.05) is 54.1 Å². The van der Waals surface area contributed by atoms with Crippen molar-refractivity contribution in [2.45, 2.75) is 13.3 Å². The van der Waals surface area contributed by atoms with Gasteiger partial charge in [-0.1, -0.05) is 19.1 Å². The third kappa shape index (κ3) is 2.65. The Balaban J connectivity index is 1.82. The maximum absolute atomic E-state index is 12.3. The van der Waals surface area contributed by atoms with Crippen molar-refractivity contribution in [1.82, 2.24) is 9.55 Å². The topological polar surface area (TPSA) is 46.9 Å². The van der Waals surface area contributed by atoms with Gasteiger partial charge in [-0.3, -0.25) is 4.79 Å². The molecule has 1 aromatic heterocycles. The summed E-state index contributed by atoms with van der Waals surface area (Å²) in [5.74, 6) is -0.119. The van der Waals surface area contributed by atoms with Crippen molar-refractivity contribution in [2.24, 2.45) is 7.05 Å². The first-order valence-electron chi connectivity index (χ1n) is 6.99. The second kappa shape index (κ2) is 5.40. The number of aromatic nitrogens is 2. The Labute approximate surface area is 123 Å². The van der Waals surface area contributed by atoms with Gasteiger partial charge in [0.15, 0.2) is 0 Å². The lowest BCUT2D eigenvalue weighted by Crippen LogP contribution is -2.11. The molecule has 0 spiro atoms. The molecule has 0 atom stereocenters. The van der Waals surface area contributed by atoms with Gasteiger partial charge in [0.25, 0.3) is 5.91 Å². The minimum atomic E-state index is -0.119. The van der Waals surface area contributed by atoms with Crippen molar-refractivity contribution < 1.29 is 4.79 Å². The van der Waals surface area contributed by atoms with E-state index in [9.17, 15) is 4.79 Å². The highest BCUT2D eigenvalue weighted by atomic mass is 16.1. The Morgan fingerprint density at radius 3 is 2.67 bits per heavy atom. The van der Waals surface area contributed by atoms with Gasteiger partial charge in [-0.25, -0.2) is 4.98 Å². The van der Waals surface area contributed by atoms with Crippen LogP contribution in [-0.4, -0.2) is 15.5 Å². The molecule has 2 aromatic carbocycles. The highest BCUT2D eigenvalue weighted by Gasteiger charge is 2.08. The number of hydrogen-bond donors (Lipinski definition) is 1. The Kier molecular flexibility index (Phi) is 3.44. The van der Waals surface area contributed by atoms with E-state index >= 15 is 0 Å². The standard InChI is InChI=1S/C17H17N3O/c1-3-12-4-7-14(8-5-12)19-17(21)13-6-9-16-15(10-13)18-11-20(16)2/h4-11H,3H2,1-2H3,(H,19,21).